The summed E-state index contributed by atoms with van der Waals surface area (Å²) in [7, 11) is 0. The van der Waals surface area contributed by atoms with Gasteiger partial charge < -0.3 is 14.5 Å². The number of nitrogens with zero attached hydrogens (tertiary/aromatic N) is 2. The third-order valence-electron chi connectivity index (χ3n) is 8.05. The fraction of sp³-hybridized carbons (Fsp3) is 0.0612. The molecule has 0 atom stereocenters. The molecule has 0 N–H and O–H groups in total. The van der Waals surface area contributed by atoms with Crippen LogP contribution in [0.25, 0.3) is 33.0 Å². The molecule has 0 unspecified atom stereocenters. The molecule has 8 aromatic carbocycles. The highest BCUT2D eigenvalue weighted by Gasteiger charge is 2.42. The van der Waals surface area contributed by atoms with E-state index in [1.807, 2.05) is 0 Å². The third kappa shape index (κ3) is 4.74. The highest BCUT2D eigenvalue weighted by Crippen LogP contribution is 2.62. The molecule has 0 radical (unpaired) electrons. The van der Waals surface area contributed by atoms with Gasteiger partial charge in [-0.2, -0.15) is 0 Å². The quantitative estimate of drug-likeness (QED) is 0.177. The van der Waals surface area contributed by atoms with Gasteiger partial charge in [0, 0.05) is 36.4 Å². The lowest BCUT2D eigenvalue weighted by Gasteiger charge is -2.45. The van der Waals surface area contributed by atoms with Gasteiger partial charge in [-0.25, -0.2) is 0 Å². The molecule has 0 amide bonds. The van der Waals surface area contributed by atoms with Crippen molar-refractivity contribution in [2.75, 3.05) is 9.80 Å². The molecule has 0 aromatic heterocycles. The van der Waals surface area contributed by atoms with Crippen molar-refractivity contribution in [3.63, 3.8) is 0 Å². The van der Waals surface area contributed by atoms with Crippen LogP contribution in [0, 0.1) is 0 Å². The minimum atomic E-state index is -4.27. The highest BCUT2D eigenvalue weighted by atomic mass is 16.5. The van der Waals surface area contributed by atoms with E-state index in [1.54, 1.807) is 0 Å². The second kappa shape index (κ2) is 11.8. The van der Waals surface area contributed by atoms with Crippen LogP contribution >= 0.6 is 0 Å². The highest BCUT2D eigenvalue weighted by molar-refractivity contribution is 6.06. The van der Waals surface area contributed by atoms with Crippen LogP contribution in [-0.4, -0.2) is 0 Å². The standard InChI is InChI=1S/C49H36N2O/c1-49(2)42-19-11-12-20-44(42)51-47-41-18-10-9-17-37(41)25-30-45(47)52-46-32-40(31-43(49)48(46)51)50(38-26-21-35(22-27-38)33-13-5-3-6-14-33)39-28-23-36(24-29-39)34-15-7-4-8-16-34/h3-32H,1-2H3/i1D3,2D3,3D,4D,5D,6D,7D,8D,9D,10D,11D,12D,13D,14D,15D,16D,17D,18D,19D,20D,21D,22D,23D,24D,25D,26D,27D,28D,29D,30D,31D,32D. The Kier molecular flexibility index (Phi) is 2.48. The molecule has 0 fully saturated rings. The molecule has 2 heterocycles. The van der Waals surface area contributed by atoms with E-state index in [0.29, 0.717) is 4.90 Å². The normalized spacial score (nSPS) is 23.7. The summed E-state index contributed by atoms with van der Waals surface area (Å²) in [5, 5.41) is -1.55. The Morgan fingerprint density at radius 2 is 1.08 bits per heavy atom. The molecule has 52 heavy (non-hydrogen) atoms. The maximum atomic E-state index is 10.4. The second-order valence-electron chi connectivity index (χ2n) is 11.0. The van der Waals surface area contributed by atoms with E-state index in [-0.39, 0.29) is 4.90 Å². The van der Waals surface area contributed by atoms with Gasteiger partial charge in [0.15, 0.2) is 11.5 Å². The summed E-state index contributed by atoms with van der Waals surface area (Å²) in [4.78, 5) is 0.670. The van der Waals surface area contributed by atoms with Crippen LogP contribution in [0.2, 0.25) is 0 Å². The summed E-state index contributed by atoms with van der Waals surface area (Å²) in [6, 6.07) is -36.1. The van der Waals surface area contributed by atoms with Crippen molar-refractivity contribution in [2.24, 2.45) is 0 Å². The summed E-state index contributed by atoms with van der Waals surface area (Å²) in [6.07, 6.45) is 0. The number of benzene rings is 8. The van der Waals surface area contributed by atoms with Crippen LogP contribution in [0.3, 0.4) is 0 Å². The van der Waals surface area contributed by atoms with Gasteiger partial charge in [-0.1, -0.05) is 147 Å². The van der Waals surface area contributed by atoms with Crippen LogP contribution < -0.4 is 14.5 Å². The van der Waals surface area contributed by atoms with Crippen molar-refractivity contribution >= 4 is 44.9 Å². The first kappa shape index (κ1) is 11.0. The van der Waals surface area contributed by atoms with E-state index in [4.69, 9.17) is 26.7 Å². The van der Waals surface area contributed by atoms with Gasteiger partial charge in [-0.3, -0.25) is 0 Å². The molecule has 2 aliphatic heterocycles. The molecule has 10 rings (SSSR count). The van der Waals surface area contributed by atoms with Crippen LogP contribution in [0.5, 0.6) is 11.5 Å². The average Bonchev–Trinajstić information content (AvgIpc) is 0.665. The topological polar surface area (TPSA) is 15.7 Å². The fourth-order valence-corrected chi connectivity index (χ4v) is 5.80. The number of rotatable bonds is 5. The van der Waals surface area contributed by atoms with Crippen LogP contribution in [0.15, 0.2) is 181 Å². The molecule has 0 aliphatic carbocycles. The number of hydrogen-bond donors (Lipinski definition) is 0. The molecule has 0 spiro atoms. The number of hydrogen-bond acceptors (Lipinski definition) is 3. The zero-order valence-electron chi connectivity index (χ0n) is 61.8. The van der Waals surface area contributed by atoms with Gasteiger partial charge >= 0.3 is 0 Å². The Labute approximate surface area is 355 Å². The first-order chi connectivity index (χ1) is 40.5. The van der Waals surface area contributed by atoms with Gasteiger partial charge in [0.2, 0.25) is 0 Å². The number of fused-ring (bicyclic) bond motifs is 6. The molecule has 248 valence electrons. The van der Waals surface area contributed by atoms with Crippen molar-refractivity contribution in [1.29, 1.82) is 0 Å². The Hall–Kier alpha value is -6.58. The minimum Gasteiger partial charge on any atom is -0.453 e. The molecule has 0 bridgehead atoms. The molecule has 2 aliphatic rings. The van der Waals surface area contributed by atoms with Crippen LogP contribution in [-0.2, 0) is 5.41 Å². The van der Waals surface area contributed by atoms with Crippen LogP contribution in [0.1, 0.15) is 74.2 Å². The van der Waals surface area contributed by atoms with Gasteiger partial charge in [0.05, 0.1) is 63.9 Å². The third-order valence-corrected chi connectivity index (χ3v) is 8.05. The summed E-state index contributed by atoms with van der Waals surface area (Å²) in [5.41, 5.74) is -18.4. The molecule has 0 saturated carbocycles. The largest absolute Gasteiger partial charge is 0.453 e. The summed E-state index contributed by atoms with van der Waals surface area (Å²) < 4.78 is 334. The maximum absolute atomic E-state index is 10.4. The number of anilines is 6. The lowest BCUT2D eigenvalue weighted by molar-refractivity contribution is 0.472. The molecular formula is C49H36N2O. The SMILES string of the molecule is [2H]c1c([2H])c([2H])c(-c2c([2H])c([2H])c(N(c3c([2H])c([2H])c(-c4c([2H])c([2H])c([2H])c([2H])c4[2H])c([2H])c3[2H])c3c([2H])c4c5c(c3[2H])C(C([2H])([2H])[2H])(C([2H])([2H])[2H])c3c([2H])c([2H])c([2H])c([2H])c3N5c3c(c([2H])c([2H])c5c([2H])c([2H])c([2H])c([2H])c35)O4)c([2H])c2[2H])c([2H])c1[2H]. The van der Waals surface area contributed by atoms with Crippen LogP contribution in [0.4, 0.5) is 34.1 Å². The zero-order chi connectivity index (χ0) is 65.9. The predicted molar refractivity (Wildman–Crippen MR) is 216 cm³/mol. The number of ether oxygens (including phenoxy) is 1. The van der Waals surface area contributed by atoms with E-state index in [0.717, 1.165) is 0 Å². The predicted octanol–water partition coefficient (Wildman–Crippen LogP) is 13.9. The number of para-hydroxylation sites is 1. The first-order valence-corrected chi connectivity index (χ1v) is 15.0. The van der Waals surface area contributed by atoms with Gasteiger partial charge in [0.25, 0.3) is 0 Å². The van der Waals surface area contributed by atoms with Crippen molar-refractivity contribution < 1.29 is 54.1 Å². The monoisotopic (exact) mass is 705 g/mol. The summed E-state index contributed by atoms with van der Waals surface area (Å²) >= 11 is 0. The smallest absolute Gasteiger partial charge is 0.153 e. The van der Waals surface area contributed by atoms with Crippen molar-refractivity contribution in [3.05, 3.63) is 192 Å². The Morgan fingerprint density at radius 3 is 1.73 bits per heavy atom. The minimum absolute atomic E-state index is 0.109. The average molecular weight is 705 g/mol. The Morgan fingerprint density at radius 1 is 0.500 bits per heavy atom. The van der Waals surface area contributed by atoms with E-state index in [9.17, 15) is 27.4 Å². The molecule has 8 aromatic rings. The lowest BCUT2D eigenvalue weighted by Crippen LogP contribution is -2.32. The molecule has 0 saturated heterocycles. The summed E-state index contributed by atoms with van der Waals surface area (Å²) in [5.74, 6) is -2.34. The molecular weight excluding hydrogens is 633 g/mol. The zero-order valence-corrected chi connectivity index (χ0v) is 25.8. The van der Waals surface area contributed by atoms with Crippen molar-refractivity contribution in [2.45, 2.75) is 19.1 Å². The Bertz CT molecular complexity index is 4320. The van der Waals surface area contributed by atoms with Gasteiger partial charge in [-0.15, -0.1) is 0 Å². The van der Waals surface area contributed by atoms with Gasteiger partial charge in [0.1, 0.15) is 0 Å². The second-order valence-corrected chi connectivity index (χ2v) is 11.0. The van der Waals surface area contributed by atoms with Crippen molar-refractivity contribution in [1.82, 2.24) is 0 Å². The van der Waals surface area contributed by atoms with E-state index < -0.39 is 290 Å². The van der Waals surface area contributed by atoms with E-state index >= 15 is 0 Å². The Balaban J connectivity index is 1.51. The molecule has 3 heteroatoms. The van der Waals surface area contributed by atoms with Crippen molar-refractivity contribution in [3.8, 4) is 33.8 Å². The van der Waals surface area contributed by atoms with E-state index in [1.165, 1.54) is 0 Å². The summed E-state index contributed by atoms with van der Waals surface area (Å²) in [6.45, 7) is -8.54. The van der Waals surface area contributed by atoms with Gasteiger partial charge in [-0.05, 0) is 81.1 Å². The van der Waals surface area contributed by atoms with E-state index in [2.05, 4.69) is 0 Å². The maximum Gasteiger partial charge on any atom is 0.153 e. The lowest BCUT2D eigenvalue weighted by atomic mass is 9.73. The fourth-order valence-electron chi connectivity index (χ4n) is 5.80. The first-order valence-electron chi connectivity index (χ1n) is 33.0. The molecule has 3 nitrogen and oxygen atoms in total.